The van der Waals surface area contributed by atoms with Gasteiger partial charge in [0, 0.05) is 55.9 Å². The summed E-state index contributed by atoms with van der Waals surface area (Å²) >= 11 is 4.25. The van der Waals surface area contributed by atoms with Gasteiger partial charge in [0.25, 0.3) is 11.8 Å². The fourth-order valence-electron chi connectivity index (χ4n) is 5.02. The lowest BCUT2D eigenvalue weighted by Crippen LogP contribution is -2.53. The number of fused-ring (bicyclic) bond motifs is 4. The van der Waals surface area contributed by atoms with Crippen LogP contribution in [0.15, 0.2) is 23.1 Å². The summed E-state index contributed by atoms with van der Waals surface area (Å²) in [6.07, 6.45) is 1.49. The van der Waals surface area contributed by atoms with Crippen molar-refractivity contribution in [3.05, 3.63) is 62.8 Å². The van der Waals surface area contributed by atoms with Crippen molar-refractivity contribution < 1.29 is 37.3 Å². The van der Waals surface area contributed by atoms with Gasteiger partial charge in [-0.1, -0.05) is 0 Å². The lowest BCUT2D eigenvalue weighted by Gasteiger charge is -2.44. The second-order valence-electron chi connectivity index (χ2n) is 9.65. The molecule has 4 rings (SSSR count). The number of pyridine rings is 1. The van der Waals surface area contributed by atoms with Gasteiger partial charge >= 0.3 is 0 Å². The minimum Gasteiger partial charge on any atom is -0.503 e. The number of nitrogens with zero attached hydrogens (tertiary/aromatic N) is 2. The van der Waals surface area contributed by atoms with E-state index in [1.165, 1.54) is 11.7 Å². The number of aromatic nitrogens is 1. The highest BCUT2D eigenvalue weighted by molar-refractivity contribution is 7.80. The molecule has 38 heavy (non-hydrogen) atoms. The monoisotopic (exact) mass is 555 g/mol. The van der Waals surface area contributed by atoms with Crippen molar-refractivity contribution in [2.24, 2.45) is 0 Å². The first kappa shape index (κ1) is 28.0. The number of benzene rings is 1. The number of carbonyl (C=O) groups excluding carboxylic acids is 2. The first-order chi connectivity index (χ1) is 17.9. The van der Waals surface area contributed by atoms with Gasteiger partial charge in [-0.2, -0.15) is 12.6 Å². The van der Waals surface area contributed by atoms with Crippen LogP contribution < -0.4 is 10.7 Å². The van der Waals surface area contributed by atoms with Crippen LogP contribution in [0.25, 0.3) is 0 Å². The zero-order chi connectivity index (χ0) is 27.9. The molecule has 1 aromatic carbocycles. The molecular weight excluding hydrogens is 527 g/mol. The van der Waals surface area contributed by atoms with E-state index >= 15 is 0 Å². The van der Waals surface area contributed by atoms with Crippen LogP contribution in [0.2, 0.25) is 0 Å². The normalized spacial score (nSPS) is 23.6. The molecule has 0 aliphatic carbocycles. The Bertz CT molecular complexity index is 1310. The third-order valence-corrected chi connectivity index (χ3v) is 7.56. The van der Waals surface area contributed by atoms with Crippen molar-refractivity contribution in [3.8, 4) is 5.75 Å². The summed E-state index contributed by atoms with van der Waals surface area (Å²) < 4.78 is 54.2. The van der Waals surface area contributed by atoms with Crippen molar-refractivity contribution >= 4 is 24.4 Å². The molecule has 0 radical (unpaired) electrons. The van der Waals surface area contributed by atoms with Crippen LogP contribution >= 0.6 is 12.6 Å². The largest absolute Gasteiger partial charge is 0.503 e. The molecule has 3 heterocycles. The highest BCUT2D eigenvalue weighted by atomic mass is 32.1. The predicted molar refractivity (Wildman–Crippen MR) is 133 cm³/mol. The Balaban J connectivity index is 1.76. The quantitative estimate of drug-likeness (QED) is 0.358. The average molecular weight is 556 g/mol. The first-order valence-electron chi connectivity index (χ1n) is 11.9. The summed E-state index contributed by atoms with van der Waals surface area (Å²) in [5, 5.41) is 13.1. The molecular formula is C25H28F3N3O6S. The Hall–Kier alpha value is -3.03. The fraction of sp³-hybridized carbons (Fsp3) is 0.480. The highest BCUT2D eigenvalue weighted by Crippen LogP contribution is 2.42. The number of ether oxygens (including phenoxy) is 2. The molecule has 9 nitrogen and oxygen atoms in total. The third kappa shape index (κ3) is 4.90. The highest BCUT2D eigenvalue weighted by Gasteiger charge is 2.49. The Morgan fingerprint density at radius 1 is 1.29 bits per heavy atom. The van der Waals surface area contributed by atoms with Crippen LogP contribution in [0.4, 0.5) is 13.2 Å². The predicted octanol–water partition coefficient (Wildman–Crippen LogP) is 2.76. The molecule has 2 N–H and O–H groups in total. The zero-order valence-electron chi connectivity index (χ0n) is 21.0. The molecule has 2 aliphatic rings. The number of rotatable bonds is 7. The number of thiol groups is 1. The van der Waals surface area contributed by atoms with Crippen LogP contribution in [0.1, 0.15) is 59.1 Å². The van der Waals surface area contributed by atoms with Crippen molar-refractivity contribution in [2.45, 2.75) is 57.2 Å². The number of nitrogens with one attached hydrogen (secondary N) is 1. The van der Waals surface area contributed by atoms with Crippen molar-refractivity contribution in [3.63, 3.8) is 0 Å². The number of amides is 2. The third-order valence-electron chi connectivity index (χ3n) is 7.26. The summed E-state index contributed by atoms with van der Waals surface area (Å²) in [4.78, 5) is 40.8. The van der Waals surface area contributed by atoms with Crippen molar-refractivity contribution in [2.75, 3.05) is 19.4 Å². The first-order valence-corrected chi connectivity index (χ1v) is 12.6. The maximum Gasteiger partial charge on any atom is 0.274 e. The number of aromatic hydroxyl groups is 1. The molecule has 1 unspecified atom stereocenters. The summed E-state index contributed by atoms with van der Waals surface area (Å²) in [7, 11) is 1.46. The SMILES string of the molecule is CO[C@H](CS)O[C@@]1(C)CC[C@H](C)N2CC1n1cc(C(=O)NCc3c(F)cc(F)cc3F)c(=O)c(O)c1C2=O. The zero-order valence-corrected chi connectivity index (χ0v) is 21.9. The lowest BCUT2D eigenvalue weighted by atomic mass is 9.89. The second kappa shape index (κ2) is 10.6. The molecule has 1 fully saturated rings. The van der Waals surface area contributed by atoms with E-state index in [9.17, 15) is 32.7 Å². The van der Waals surface area contributed by atoms with E-state index in [1.54, 1.807) is 4.90 Å². The van der Waals surface area contributed by atoms with Gasteiger partial charge in [-0.3, -0.25) is 14.4 Å². The fourth-order valence-corrected chi connectivity index (χ4v) is 5.24. The molecule has 2 aromatic rings. The minimum absolute atomic E-state index is 0.169. The van der Waals surface area contributed by atoms with E-state index in [2.05, 4.69) is 17.9 Å². The standard InChI is InChI=1S/C25H28F3N3O6S/c1-12-4-5-25(2,37-19(11-38)36-3)18-10-30(12)24(35)20-22(33)21(32)15(9-31(18)20)23(34)29-8-14-16(27)6-13(26)7-17(14)28/h6-7,9,12,18-19,33,38H,4-5,8,10-11H2,1-3H3,(H,29,34)/t12-,18?,19-,25-/m0/s1. The molecule has 2 amide bonds. The van der Waals surface area contributed by atoms with Crippen LogP contribution in [0.3, 0.4) is 0 Å². The molecule has 206 valence electrons. The smallest absolute Gasteiger partial charge is 0.274 e. The molecule has 0 spiro atoms. The summed E-state index contributed by atoms with van der Waals surface area (Å²) in [6.45, 7) is 3.15. The van der Waals surface area contributed by atoms with Gasteiger partial charge in [-0.25, -0.2) is 13.2 Å². The van der Waals surface area contributed by atoms with Crippen LogP contribution in [-0.2, 0) is 16.0 Å². The molecule has 2 aliphatic heterocycles. The number of carbonyl (C=O) groups is 2. The average Bonchev–Trinajstić information content (AvgIpc) is 2.97. The van der Waals surface area contributed by atoms with Gasteiger partial charge < -0.3 is 29.4 Å². The van der Waals surface area contributed by atoms with Gasteiger partial charge in [0.1, 0.15) is 23.0 Å². The van der Waals surface area contributed by atoms with Crippen LogP contribution in [-0.4, -0.2) is 63.7 Å². The van der Waals surface area contributed by atoms with Crippen molar-refractivity contribution in [1.82, 2.24) is 14.8 Å². The second-order valence-corrected chi connectivity index (χ2v) is 10.0. The summed E-state index contributed by atoms with van der Waals surface area (Å²) in [5.74, 6) is -5.86. The Morgan fingerprint density at radius 3 is 2.55 bits per heavy atom. The van der Waals surface area contributed by atoms with Gasteiger partial charge in [0.05, 0.1) is 11.6 Å². The molecule has 0 saturated carbocycles. The van der Waals surface area contributed by atoms with Gasteiger partial charge in [0.15, 0.2) is 17.7 Å². The topological polar surface area (TPSA) is 110 Å². The molecule has 4 atom stereocenters. The Kier molecular flexibility index (Phi) is 7.82. The molecule has 2 bridgehead atoms. The maximum absolute atomic E-state index is 14.0. The molecule has 1 saturated heterocycles. The van der Waals surface area contributed by atoms with E-state index < -0.39 is 76.0 Å². The number of hydrogen-bond donors (Lipinski definition) is 3. The Labute approximate surface area is 221 Å². The van der Waals surface area contributed by atoms with Gasteiger partial charge in [0.2, 0.25) is 5.43 Å². The van der Waals surface area contributed by atoms with E-state index in [1.807, 2.05) is 13.8 Å². The van der Waals surface area contributed by atoms with Gasteiger partial charge in [-0.15, -0.1) is 0 Å². The van der Waals surface area contributed by atoms with E-state index in [0.717, 1.165) is 6.20 Å². The maximum atomic E-state index is 14.0. The number of hydrogen-bond acceptors (Lipinski definition) is 7. The van der Waals surface area contributed by atoms with Crippen LogP contribution in [0.5, 0.6) is 5.75 Å². The van der Waals surface area contributed by atoms with Crippen molar-refractivity contribution in [1.29, 1.82) is 0 Å². The Morgan fingerprint density at radius 2 is 1.95 bits per heavy atom. The molecule has 13 heteroatoms. The lowest BCUT2D eigenvalue weighted by molar-refractivity contribution is -0.199. The van der Waals surface area contributed by atoms with Gasteiger partial charge in [-0.05, 0) is 26.7 Å². The molecule has 1 aromatic heterocycles. The van der Waals surface area contributed by atoms with E-state index in [4.69, 9.17) is 9.47 Å². The van der Waals surface area contributed by atoms with Crippen LogP contribution in [0, 0.1) is 17.5 Å². The summed E-state index contributed by atoms with van der Waals surface area (Å²) in [6, 6.07) is 0.0722. The minimum atomic E-state index is -1.21. The van der Waals surface area contributed by atoms with E-state index in [-0.39, 0.29) is 24.0 Å². The number of halogens is 3. The number of methoxy groups -OCH3 is 1. The van der Waals surface area contributed by atoms with E-state index in [0.29, 0.717) is 25.0 Å². The summed E-state index contributed by atoms with van der Waals surface area (Å²) in [5.41, 5.74) is -3.53.